The number of thiophene rings is 2. The van der Waals surface area contributed by atoms with Crippen LogP contribution in [0.1, 0.15) is 4.88 Å². The van der Waals surface area contributed by atoms with E-state index < -0.39 is 0 Å². The van der Waals surface area contributed by atoms with Gasteiger partial charge in [0, 0.05) is 5.56 Å². The van der Waals surface area contributed by atoms with Crippen molar-refractivity contribution in [2.45, 2.75) is 0 Å². The second kappa shape index (κ2) is 5.60. The maximum absolute atomic E-state index is 9.28. The number of methoxy groups -OCH3 is 1. The second-order valence-corrected chi connectivity index (χ2v) is 6.28. The van der Waals surface area contributed by atoms with Crippen molar-refractivity contribution < 1.29 is 4.74 Å². The van der Waals surface area contributed by atoms with E-state index in [1.807, 2.05) is 41.8 Å². The van der Waals surface area contributed by atoms with Gasteiger partial charge in [-0.2, -0.15) is 5.26 Å². The Labute approximate surface area is 130 Å². The summed E-state index contributed by atoms with van der Waals surface area (Å²) in [5.74, 6) is 0.808. The molecule has 5 heteroatoms. The maximum atomic E-state index is 9.28. The zero-order chi connectivity index (χ0) is 14.8. The van der Waals surface area contributed by atoms with Crippen molar-refractivity contribution in [3.8, 4) is 32.7 Å². The molecule has 2 heterocycles. The molecule has 0 aliphatic carbocycles. The van der Waals surface area contributed by atoms with E-state index in [1.54, 1.807) is 18.4 Å². The van der Waals surface area contributed by atoms with Crippen LogP contribution in [-0.2, 0) is 0 Å². The van der Waals surface area contributed by atoms with Crippen LogP contribution in [0.15, 0.2) is 41.8 Å². The van der Waals surface area contributed by atoms with E-state index in [0.717, 1.165) is 26.6 Å². The molecule has 2 aromatic heterocycles. The minimum Gasteiger partial charge on any atom is -0.495 e. The summed E-state index contributed by atoms with van der Waals surface area (Å²) in [6, 6.07) is 14.0. The van der Waals surface area contributed by atoms with Gasteiger partial charge in [-0.15, -0.1) is 22.7 Å². The summed E-state index contributed by atoms with van der Waals surface area (Å²) >= 11 is 3.00. The summed E-state index contributed by atoms with van der Waals surface area (Å²) in [6.45, 7) is 0. The van der Waals surface area contributed by atoms with Gasteiger partial charge in [-0.25, -0.2) is 0 Å². The molecule has 0 radical (unpaired) electrons. The van der Waals surface area contributed by atoms with Crippen molar-refractivity contribution in [3.05, 3.63) is 46.7 Å². The number of nitrogen functional groups attached to an aromatic ring is 1. The van der Waals surface area contributed by atoms with E-state index in [2.05, 4.69) is 6.07 Å². The molecule has 2 N–H and O–H groups in total. The Morgan fingerprint density at radius 1 is 1.14 bits per heavy atom. The smallest absolute Gasteiger partial charge is 0.138 e. The third-order valence-corrected chi connectivity index (χ3v) is 5.33. The normalized spacial score (nSPS) is 10.3. The second-order valence-electron chi connectivity index (χ2n) is 4.34. The third-order valence-electron chi connectivity index (χ3n) is 3.16. The molecular formula is C16H12N2OS2. The highest BCUT2D eigenvalue weighted by molar-refractivity contribution is 7.22. The van der Waals surface area contributed by atoms with Crippen LogP contribution in [-0.4, -0.2) is 7.11 Å². The Morgan fingerprint density at radius 2 is 1.90 bits per heavy atom. The Hall–Kier alpha value is -2.29. The Balaban J connectivity index is 2.29. The first kappa shape index (κ1) is 13.7. The molecule has 0 saturated carbocycles. The zero-order valence-electron chi connectivity index (χ0n) is 11.3. The Bertz CT molecular complexity index is 813. The summed E-state index contributed by atoms with van der Waals surface area (Å²) in [6.07, 6.45) is 0. The molecule has 0 amide bonds. The molecule has 0 bridgehead atoms. The maximum Gasteiger partial charge on any atom is 0.138 e. The standard InChI is InChI=1S/C16H12N2OS2/c1-19-11-7-8-20-15(11)16-13(10-5-3-2-4-6-10)14(18)12(9-17)21-16/h2-8H,18H2,1H3. The topological polar surface area (TPSA) is 59.0 Å². The molecule has 0 spiro atoms. The third kappa shape index (κ3) is 2.29. The Morgan fingerprint density at radius 3 is 2.57 bits per heavy atom. The van der Waals surface area contributed by atoms with Crippen molar-refractivity contribution in [2.75, 3.05) is 12.8 Å². The van der Waals surface area contributed by atoms with Gasteiger partial charge in [0.1, 0.15) is 16.7 Å². The summed E-state index contributed by atoms with van der Waals surface area (Å²) < 4.78 is 5.41. The van der Waals surface area contributed by atoms with Gasteiger partial charge < -0.3 is 10.5 Å². The number of rotatable bonds is 3. The highest BCUT2D eigenvalue weighted by atomic mass is 32.1. The predicted molar refractivity (Wildman–Crippen MR) is 88.7 cm³/mol. The van der Waals surface area contributed by atoms with Gasteiger partial charge in [-0.05, 0) is 17.0 Å². The molecule has 0 fully saturated rings. The fourth-order valence-electron chi connectivity index (χ4n) is 2.20. The van der Waals surface area contributed by atoms with Crippen molar-refractivity contribution in [1.82, 2.24) is 0 Å². The number of nitrogens with zero attached hydrogens (tertiary/aromatic N) is 1. The van der Waals surface area contributed by atoms with Crippen molar-refractivity contribution in [2.24, 2.45) is 0 Å². The van der Waals surface area contributed by atoms with Gasteiger partial charge >= 0.3 is 0 Å². The first-order valence-corrected chi connectivity index (χ1v) is 7.95. The SMILES string of the molecule is COc1ccsc1-c1sc(C#N)c(N)c1-c1ccccc1. The first-order valence-electron chi connectivity index (χ1n) is 6.26. The zero-order valence-corrected chi connectivity index (χ0v) is 12.9. The van der Waals surface area contributed by atoms with Crippen LogP contribution >= 0.6 is 22.7 Å². The van der Waals surface area contributed by atoms with Crippen molar-refractivity contribution in [1.29, 1.82) is 5.26 Å². The van der Waals surface area contributed by atoms with Gasteiger partial charge in [-0.1, -0.05) is 30.3 Å². The lowest BCUT2D eigenvalue weighted by atomic mass is 10.0. The average molecular weight is 312 g/mol. The van der Waals surface area contributed by atoms with Crippen LogP contribution in [0.3, 0.4) is 0 Å². The number of benzene rings is 1. The van der Waals surface area contributed by atoms with Crippen LogP contribution in [0.2, 0.25) is 0 Å². The molecule has 0 unspecified atom stereocenters. The highest BCUT2D eigenvalue weighted by Gasteiger charge is 2.21. The van der Waals surface area contributed by atoms with Crippen LogP contribution < -0.4 is 10.5 Å². The fourth-order valence-corrected chi connectivity index (χ4v) is 4.26. The molecular weight excluding hydrogens is 300 g/mol. The van der Waals surface area contributed by atoms with E-state index in [1.165, 1.54) is 11.3 Å². The minimum absolute atomic E-state index is 0.541. The Kier molecular flexibility index (Phi) is 3.65. The predicted octanol–water partition coefficient (Wildman–Crippen LogP) is 4.61. The van der Waals surface area contributed by atoms with Gasteiger partial charge in [0.05, 0.1) is 22.6 Å². The van der Waals surface area contributed by atoms with E-state index in [-0.39, 0.29) is 0 Å². The molecule has 3 nitrogen and oxygen atoms in total. The molecule has 3 rings (SSSR count). The monoisotopic (exact) mass is 312 g/mol. The molecule has 0 aliphatic heterocycles. The summed E-state index contributed by atoms with van der Waals surface area (Å²) in [7, 11) is 1.65. The average Bonchev–Trinajstić information content (AvgIpc) is 3.11. The quantitative estimate of drug-likeness (QED) is 0.768. The number of ether oxygens (including phenoxy) is 1. The fraction of sp³-hybridized carbons (Fsp3) is 0.0625. The van der Waals surface area contributed by atoms with E-state index >= 15 is 0 Å². The summed E-state index contributed by atoms with van der Waals surface area (Å²) in [5.41, 5.74) is 8.66. The molecule has 0 aliphatic rings. The lowest BCUT2D eigenvalue weighted by molar-refractivity contribution is 0.418. The van der Waals surface area contributed by atoms with Crippen molar-refractivity contribution in [3.63, 3.8) is 0 Å². The van der Waals surface area contributed by atoms with Gasteiger partial charge in [0.2, 0.25) is 0 Å². The summed E-state index contributed by atoms with van der Waals surface area (Å²) in [5, 5.41) is 11.3. The molecule has 0 saturated heterocycles. The van der Waals surface area contributed by atoms with Gasteiger partial charge in [-0.3, -0.25) is 0 Å². The van der Waals surface area contributed by atoms with Crippen LogP contribution in [0.5, 0.6) is 5.75 Å². The number of nitrogens with two attached hydrogens (primary N) is 1. The lowest BCUT2D eigenvalue weighted by Gasteiger charge is -2.06. The molecule has 3 aromatic rings. The largest absolute Gasteiger partial charge is 0.495 e. The molecule has 21 heavy (non-hydrogen) atoms. The van der Waals surface area contributed by atoms with Crippen LogP contribution in [0, 0.1) is 11.3 Å². The van der Waals surface area contributed by atoms with Crippen LogP contribution in [0.25, 0.3) is 20.9 Å². The van der Waals surface area contributed by atoms with E-state index in [9.17, 15) is 5.26 Å². The summed E-state index contributed by atoms with van der Waals surface area (Å²) in [4.78, 5) is 2.54. The molecule has 104 valence electrons. The minimum atomic E-state index is 0.541. The van der Waals surface area contributed by atoms with Crippen LogP contribution in [0.4, 0.5) is 5.69 Å². The van der Waals surface area contributed by atoms with Gasteiger partial charge in [0.25, 0.3) is 0 Å². The number of hydrogen-bond donors (Lipinski definition) is 1. The van der Waals surface area contributed by atoms with Crippen molar-refractivity contribution >= 4 is 28.4 Å². The van der Waals surface area contributed by atoms with E-state index in [4.69, 9.17) is 10.5 Å². The first-order chi connectivity index (χ1) is 10.3. The van der Waals surface area contributed by atoms with E-state index in [0.29, 0.717) is 10.6 Å². The number of nitriles is 1. The number of hydrogen-bond acceptors (Lipinski definition) is 5. The highest BCUT2D eigenvalue weighted by Crippen LogP contribution is 2.49. The molecule has 1 aromatic carbocycles. The number of anilines is 1. The molecule has 0 atom stereocenters. The van der Waals surface area contributed by atoms with Gasteiger partial charge in [0.15, 0.2) is 0 Å². The lowest BCUT2D eigenvalue weighted by Crippen LogP contribution is -1.89.